The molecule has 0 amide bonds. The van der Waals surface area contributed by atoms with Crippen LogP contribution in [0.15, 0.2) is 46.9 Å². The lowest BCUT2D eigenvalue weighted by molar-refractivity contribution is 0.455. The molecule has 2 aromatic carbocycles. The third kappa shape index (κ3) is 3.04. The number of halogens is 2. The molecule has 2 aromatic rings. The van der Waals surface area contributed by atoms with Crippen molar-refractivity contribution in [3.63, 3.8) is 0 Å². The number of rotatable bonds is 4. The molecule has 2 unspecified atom stereocenters. The smallest absolute Gasteiger partial charge is 0.124 e. The molecule has 21 heavy (non-hydrogen) atoms. The first kappa shape index (κ1) is 14.7. The van der Waals surface area contributed by atoms with E-state index >= 15 is 0 Å². The van der Waals surface area contributed by atoms with Crippen molar-refractivity contribution in [1.29, 1.82) is 0 Å². The summed E-state index contributed by atoms with van der Waals surface area (Å²) in [4.78, 5) is 0. The SMILES string of the molecule is CNC(Cc1ccc(F)cc1Br)C1CCc2ccccc21. The van der Waals surface area contributed by atoms with Gasteiger partial charge in [-0.05, 0) is 55.1 Å². The minimum absolute atomic E-state index is 0.196. The predicted molar refractivity (Wildman–Crippen MR) is 88.2 cm³/mol. The van der Waals surface area contributed by atoms with Crippen molar-refractivity contribution >= 4 is 15.9 Å². The number of nitrogens with one attached hydrogen (secondary N) is 1. The molecule has 0 radical (unpaired) electrons. The summed E-state index contributed by atoms with van der Waals surface area (Å²) in [6.45, 7) is 0. The van der Waals surface area contributed by atoms with Crippen LogP contribution in [0.2, 0.25) is 0 Å². The van der Waals surface area contributed by atoms with Gasteiger partial charge < -0.3 is 5.32 Å². The van der Waals surface area contributed by atoms with Gasteiger partial charge in [-0.25, -0.2) is 4.39 Å². The molecule has 0 saturated heterocycles. The fourth-order valence-electron chi connectivity index (χ4n) is 3.38. The van der Waals surface area contributed by atoms with Crippen LogP contribution in [-0.4, -0.2) is 13.1 Å². The minimum Gasteiger partial charge on any atom is -0.316 e. The van der Waals surface area contributed by atoms with Crippen molar-refractivity contribution in [2.24, 2.45) is 0 Å². The highest BCUT2D eigenvalue weighted by Crippen LogP contribution is 2.36. The van der Waals surface area contributed by atoms with Gasteiger partial charge in [0.15, 0.2) is 0 Å². The van der Waals surface area contributed by atoms with E-state index in [1.54, 1.807) is 6.07 Å². The van der Waals surface area contributed by atoms with Gasteiger partial charge in [-0.15, -0.1) is 0 Å². The van der Waals surface area contributed by atoms with Crippen LogP contribution in [0.1, 0.15) is 29.0 Å². The summed E-state index contributed by atoms with van der Waals surface area (Å²) in [7, 11) is 2.02. The zero-order chi connectivity index (χ0) is 14.8. The van der Waals surface area contributed by atoms with Crippen LogP contribution in [0.25, 0.3) is 0 Å². The normalized spacial score (nSPS) is 18.5. The summed E-state index contributed by atoms with van der Waals surface area (Å²) in [6, 6.07) is 14.1. The Balaban J connectivity index is 1.83. The number of hydrogen-bond acceptors (Lipinski definition) is 1. The number of aryl methyl sites for hydroxylation is 1. The number of likely N-dealkylation sites (N-methyl/N-ethyl adjacent to an activating group) is 1. The molecule has 1 N–H and O–H groups in total. The third-order valence-electron chi connectivity index (χ3n) is 4.49. The summed E-state index contributed by atoms with van der Waals surface area (Å²) in [6.07, 6.45) is 3.24. The van der Waals surface area contributed by atoms with Crippen molar-refractivity contribution < 1.29 is 4.39 Å². The molecule has 1 nitrogen and oxygen atoms in total. The second-order valence-electron chi connectivity index (χ2n) is 5.68. The van der Waals surface area contributed by atoms with Gasteiger partial charge in [-0.1, -0.05) is 46.3 Å². The molecule has 0 bridgehead atoms. The molecule has 0 saturated carbocycles. The van der Waals surface area contributed by atoms with E-state index < -0.39 is 0 Å². The third-order valence-corrected chi connectivity index (χ3v) is 5.23. The second kappa shape index (κ2) is 6.29. The van der Waals surface area contributed by atoms with Gasteiger partial charge in [-0.3, -0.25) is 0 Å². The van der Waals surface area contributed by atoms with Gasteiger partial charge in [0.05, 0.1) is 0 Å². The molecular weight excluding hydrogens is 329 g/mol. The zero-order valence-electron chi connectivity index (χ0n) is 12.1. The van der Waals surface area contributed by atoms with E-state index in [4.69, 9.17) is 0 Å². The zero-order valence-corrected chi connectivity index (χ0v) is 13.7. The Bertz CT molecular complexity index is 641. The lowest BCUT2D eigenvalue weighted by atomic mass is 9.89. The highest BCUT2D eigenvalue weighted by atomic mass is 79.9. The first-order valence-electron chi connectivity index (χ1n) is 7.38. The van der Waals surface area contributed by atoms with Crippen LogP contribution < -0.4 is 5.32 Å². The maximum Gasteiger partial charge on any atom is 0.124 e. The van der Waals surface area contributed by atoms with Crippen molar-refractivity contribution in [3.8, 4) is 0 Å². The quantitative estimate of drug-likeness (QED) is 0.861. The fraction of sp³-hybridized carbons (Fsp3) is 0.333. The van der Waals surface area contributed by atoms with Gasteiger partial charge >= 0.3 is 0 Å². The Morgan fingerprint density at radius 2 is 2.10 bits per heavy atom. The Labute approximate surface area is 133 Å². The van der Waals surface area contributed by atoms with E-state index in [0.29, 0.717) is 12.0 Å². The molecule has 0 heterocycles. The summed E-state index contributed by atoms with van der Waals surface area (Å²) >= 11 is 3.48. The number of hydrogen-bond donors (Lipinski definition) is 1. The molecule has 3 heteroatoms. The fourth-order valence-corrected chi connectivity index (χ4v) is 3.89. The number of benzene rings is 2. The molecule has 3 rings (SSSR count). The maximum absolute atomic E-state index is 13.2. The molecule has 2 atom stereocenters. The summed E-state index contributed by atoms with van der Waals surface area (Å²) in [5.74, 6) is 0.334. The van der Waals surface area contributed by atoms with Gasteiger partial charge in [0.25, 0.3) is 0 Å². The molecule has 0 aliphatic heterocycles. The molecule has 110 valence electrons. The maximum atomic E-state index is 13.2. The molecule has 1 aliphatic carbocycles. The predicted octanol–water partition coefficient (Wildman–Crippen LogP) is 4.45. The Hall–Kier alpha value is -1.19. The Morgan fingerprint density at radius 3 is 2.86 bits per heavy atom. The van der Waals surface area contributed by atoms with Gasteiger partial charge in [0.1, 0.15) is 5.82 Å². The summed E-state index contributed by atoms with van der Waals surface area (Å²) in [5, 5.41) is 3.46. The van der Waals surface area contributed by atoms with E-state index in [1.165, 1.54) is 23.6 Å². The van der Waals surface area contributed by atoms with E-state index in [0.717, 1.165) is 22.9 Å². The molecule has 0 aromatic heterocycles. The van der Waals surface area contributed by atoms with Crippen molar-refractivity contribution in [2.75, 3.05) is 7.05 Å². The van der Waals surface area contributed by atoms with Crippen LogP contribution >= 0.6 is 15.9 Å². The van der Waals surface area contributed by atoms with Gasteiger partial charge in [0.2, 0.25) is 0 Å². The van der Waals surface area contributed by atoms with Crippen LogP contribution in [0.5, 0.6) is 0 Å². The van der Waals surface area contributed by atoms with Crippen LogP contribution in [-0.2, 0) is 12.8 Å². The molecule has 0 spiro atoms. The lowest BCUT2D eigenvalue weighted by Crippen LogP contribution is -2.33. The summed E-state index contributed by atoms with van der Waals surface area (Å²) in [5.41, 5.74) is 4.09. The van der Waals surface area contributed by atoms with Gasteiger partial charge in [0, 0.05) is 16.4 Å². The Kier molecular flexibility index (Phi) is 4.41. The van der Waals surface area contributed by atoms with E-state index in [1.807, 2.05) is 13.1 Å². The Morgan fingerprint density at radius 1 is 1.29 bits per heavy atom. The van der Waals surface area contributed by atoms with Crippen LogP contribution in [0.4, 0.5) is 4.39 Å². The average Bonchev–Trinajstić information content (AvgIpc) is 2.91. The first-order chi connectivity index (χ1) is 10.2. The summed E-state index contributed by atoms with van der Waals surface area (Å²) < 4.78 is 14.1. The lowest BCUT2D eigenvalue weighted by Gasteiger charge is -2.24. The van der Waals surface area contributed by atoms with E-state index in [-0.39, 0.29) is 5.82 Å². The molecular formula is C18H19BrFN. The van der Waals surface area contributed by atoms with Crippen molar-refractivity contribution in [2.45, 2.75) is 31.2 Å². The second-order valence-corrected chi connectivity index (χ2v) is 6.53. The first-order valence-corrected chi connectivity index (χ1v) is 8.17. The number of fused-ring (bicyclic) bond motifs is 1. The topological polar surface area (TPSA) is 12.0 Å². The molecule has 1 aliphatic rings. The molecule has 0 fully saturated rings. The van der Waals surface area contributed by atoms with Crippen molar-refractivity contribution in [1.82, 2.24) is 5.32 Å². The highest BCUT2D eigenvalue weighted by molar-refractivity contribution is 9.10. The van der Waals surface area contributed by atoms with Crippen LogP contribution in [0.3, 0.4) is 0 Å². The highest BCUT2D eigenvalue weighted by Gasteiger charge is 2.29. The monoisotopic (exact) mass is 347 g/mol. The minimum atomic E-state index is -0.196. The van der Waals surface area contributed by atoms with E-state index in [9.17, 15) is 4.39 Å². The van der Waals surface area contributed by atoms with Crippen molar-refractivity contribution in [3.05, 3.63) is 69.4 Å². The van der Waals surface area contributed by atoms with Gasteiger partial charge in [-0.2, -0.15) is 0 Å². The largest absolute Gasteiger partial charge is 0.316 e. The average molecular weight is 348 g/mol. The van der Waals surface area contributed by atoms with E-state index in [2.05, 4.69) is 45.5 Å². The van der Waals surface area contributed by atoms with Crippen LogP contribution in [0, 0.1) is 5.82 Å². The standard InChI is InChI=1S/C18H19BrFN/c1-21-18(10-13-6-8-14(20)11-17(13)19)16-9-7-12-4-2-3-5-15(12)16/h2-6,8,11,16,18,21H,7,9-10H2,1H3.